The molecule has 0 aliphatic carbocycles. The maximum Gasteiger partial charge on any atom is 0.0252 e. The van der Waals surface area contributed by atoms with E-state index in [1.54, 1.807) is 0 Å². The first-order chi connectivity index (χ1) is 7.48. The van der Waals surface area contributed by atoms with Gasteiger partial charge in [0.05, 0.1) is 0 Å². The third kappa shape index (κ3) is 2.76. The van der Waals surface area contributed by atoms with Crippen molar-refractivity contribution in [2.24, 2.45) is 0 Å². The number of hydrogen-bond donors (Lipinski definition) is 1. The maximum absolute atomic E-state index is 3.60. The van der Waals surface area contributed by atoms with Gasteiger partial charge < -0.3 is 10.2 Å². The van der Waals surface area contributed by atoms with Gasteiger partial charge in [-0.05, 0) is 47.2 Å². The Hall–Kier alpha value is -0.120. The fourth-order valence-corrected chi connectivity index (χ4v) is 3.09. The molecule has 2 unspecified atom stereocenters. The minimum absolute atomic E-state index is 0.296. The van der Waals surface area contributed by atoms with Crippen molar-refractivity contribution in [2.45, 2.75) is 51.2 Å². The zero-order valence-electron chi connectivity index (χ0n) is 11.3. The third-order valence-corrected chi connectivity index (χ3v) is 4.30. The van der Waals surface area contributed by atoms with Gasteiger partial charge in [-0.2, -0.15) is 0 Å². The van der Waals surface area contributed by atoms with Crippen LogP contribution in [0.1, 0.15) is 33.6 Å². The number of piperazine rings is 1. The summed E-state index contributed by atoms with van der Waals surface area (Å²) in [5.74, 6) is 0. The number of hydrogen-bond acceptors (Lipinski definition) is 3. The Labute approximate surface area is 100 Å². The average molecular weight is 225 g/mol. The molecule has 0 bridgehead atoms. The van der Waals surface area contributed by atoms with Crippen molar-refractivity contribution in [3.63, 3.8) is 0 Å². The van der Waals surface area contributed by atoms with Gasteiger partial charge in [0.1, 0.15) is 0 Å². The second-order valence-electron chi connectivity index (χ2n) is 6.29. The van der Waals surface area contributed by atoms with E-state index in [4.69, 9.17) is 0 Å². The number of likely N-dealkylation sites (tertiary alicyclic amines) is 1. The summed E-state index contributed by atoms with van der Waals surface area (Å²) in [5, 5.41) is 3.60. The SMILES string of the molecule is CC1CC(N2CCNC(C)(C)C2)CCN1C. The second kappa shape index (κ2) is 4.63. The summed E-state index contributed by atoms with van der Waals surface area (Å²) in [7, 11) is 2.25. The van der Waals surface area contributed by atoms with Crippen LogP contribution >= 0.6 is 0 Å². The van der Waals surface area contributed by atoms with E-state index in [1.807, 2.05) is 0 Å². The molecule has 2 saturated heterocycles. The van der Waals surface area contributed by atoms with Crippen molar-refractivity contribution < 1.29 is 0 Å². The molecule has 94 valence electrons. The van der Waals surface area contributed by atoms with Crippen LogP contribution in [0.2, 0.25) is 0 Å². The van der Waals surface area contributed by atoms with E-state index in [0.29, 0.717) is 5.54 Å². The molecule has 2 fully saturated rings. The lowest BCUT2D eigenvalue weighted by Crippen LogP contribution is -2.61. The summed E-state index contributed by atoms with van der Waals surface area (Å²) >= 11 is 0. The first kappa shape index (κ1) is 12.3. The number of piperidine rings is 1. The molecule has 3 nitrogen and oxygen atoms in total. The summed E-state index contributed by atoms with van der Waals surface area (Å²) in [6.45, 7) is 11.8. The predicted molar refractivity (Wildman–Crippen MR) is 68.8 cm³/mol. The van der Waals surface area contributed by atoms with E-state index in [9.17, 15) is 0 Å². The van der Waals surface area contributed by atoms with Gasteiger partial charge in [0, 0.05) is 37.3 Å². The zero-order valence-corrected chi connectivity index (χ0v) is 11.3. The van der Waals surface area contributed by atoms with Crippen LogP contribution in [0, 0.1) is 0 Å². The van der Waals surface area contributed by atoms with E-state index >= 15 is 0 Å². The monoisotopic (exact) mass is 225 g/mol. The van der Waals surface area contributed by atoms with Crippen molar-refractivity contribution in [2.75, 3.05) is 33.2 Å². The molecular weight excluding hydrogens is 198 g/mol. The molecule has 0 radical (unpaired) electrons. The van der Waals surface area contributed by atoms with Gasteiger partial charge in [-0.25, -0.2) is 0 Å². The molecule has 3 heteroatoms. The highest BCUT2D eigenvalue weighted by Gasteiger charge is 2.33. The fourth-order valence-electron chi connectivity index (χ4n) is 3.09. The standard InChI is InChI=1S/C13H27N3/c1-11-9-12(5-7-15(11)4)16-8-6-14-13(2,3)10-16/h11-12,14H,5-10H2,1-4H3. The summed E-state index contributed by atoms with van der Waals surface area (Å²) in [4.78, 5) is 5.20. The van der Waals surface area contributed by atoms with Crippen molar-refractivity contribution >= 4 is 0 Å². The summed E-state index contributed by atoms with van der Waals surface area (Å²) in [6, 6.07) is 1.56. The highest BCUT2D eigenvalue weighted by molar-refractivity contribution is 4.92. The molecule has 2 aliphatic heterocycles. The van der Waals surface area contributed by atoms with E-state index in [2.05, 4.69) is 42.9 Å². The minimum atomic E-state index is 0.296. The quantitative estimate of drug-likeness (QED) is 0.722. The van der Waals surface area contributed by atoms with E-state index < -0.39 is 0 Å². The average Bonchev–Trinajstić information content (AvgIpc) is 2.20. The normalized spacial score (nSPS) is 37.5. The van der Waals surface area contributed by atoms with Crippen LogP contribution < -0.4 is 5.32 Å². The zero-order chi connectivity index (χ0) is 11.8. The Morgan fingerprint density at radius 1 is 1.25 bits per heavy atom. The predicted octanol–water partition coefficient (Wildman–Crippen LogP) is 1.15. The first-order valence-electron chi connectivity index (χ1n) is 6.67. The molecule has 0 amide bonds. The second-order valence-corrected chi connectivity index (χ2v) is 6.29. The van der Waals surface area contributed by atoms with Gasteiger partial charge in [-0.1, -0.05) is 0 Å². The maximum atomic E-state index is 3.60. The van der Waals surface area contributed by atoms with Gasteiger partial charge in [0.25, 0.3) is 0 Å². The van der Waals surface area contributed by atoms with Crippen LogP contribution in [0.5, 0.6) is 0 Å². The van der Waals surface area contributed by atoms with Gasteiger partial charge >= 0.3 is 0 Å². The molecule has 2 heterocycles. The molecule has 2 atom stereocenters. The summed E-state index contributed by atoms with van der Waals surface area (Å²) < 4.78 is 0. The van der Waals surface area contributed by atoms with E-state index in [-0.39, 0.29) is 0 Å². The Morgan fingerprint density at radius 2 is 2.00 bits per heavy atom. The third-order valence-electron chi connectivity index (χ3n) is 4.30. The molecular formula is C13H27N3. The highest BCUT2D eigenvalue weighted by atomic mass is 15.3. The van der Waals surface area contributed by atoms with Gasteiger partial charge in [0.15, 0.2) is 0 Å². The molecule has 16 heavy (non-hydrogen) atoms. The van der Waals surface area contributed by atoms with Gasteiger partial charge in [-0.3, -0.25) is 4.90 Å². The lowest BCUT2D eigenvalue weighted by Gasteiger charge is -2.46. The van der Waals surface area contributed by atoms with Crippen LogP contribution in [0.25, 0.3) is 0 Å². The Morgan fingerprint density at radius 3 is 2.62 bits per heavy atom. The molecule has 0 spiro atoms. The Kier molecular flexibility index (Phi) is 3.57. The van der Waals surface area contributed by atoms with Crippen LogP contribution in [0.4, 0.5) is 0 Å². The largest absolute Gasteiger partial charge is 0.309 e. The Bertz CT molecular complexity index is 239. The van der Waals surface area contributed by atoms with Crippen LogP contribution in [-0.2, 0) is 0 Å². The topological polar surface area (TPSA) is 18.5 Å². The molecule has 0 saturated carbocycles. The van der Waals surface area contributed by atoms with Crippen LogP contribution in [0.15, 0.2) is 0 Å². The van der Waals surface area contributed by atoms with Gasteiger partial charge in [0.2, 0.25) is 0 Å². The first-order valence-corrected chi connectivity index (χ1v) is 6.67. The Balaban J connectivity index is 1.92. The molecule has 2 aliphatic rings. The van der Waals surface area contributed by atoms with Crippen molar-refractivity contribution in [1.29, 1.82) is 0 Å². The summed E-state index contributed by atoms with van der Waals surface area (Å²) in [5.41, 5.74) is 0.296. The molecule has 2 rings (SSSR count). The van der Waals surface area contributed by atoms with Gasteiger partial charge in [-0.15, -0.1) is 0 Å². The molecule has 0 aromatic heterocycles. The number of nitrogens with zero attached hydrogens (tertiary/aromatic N) is 2. The minimum Gasteiger partial charge on any atom is -0.309 e. The summed E-state index contributed by atoms with van der Waals surface area (Å²) in [6.07, 6.45) is 2.68. The van der Waals surface area contributed by atoms with Crippen LogP contribution in [0.3, 0.4) is 0 Å². The lowest BCUT2D eigenvalue weighted by molar-refractivity contribution is 0.0512. The van der Waals surface area contributed by atoms with Crippen molar-refractivity contribution in [3.05, 3.63) is 0 Å². The molecule has 1 N–H and O–H groups in total. The number of rotatable bonds is 1. The smallest absolute Gasteiger partial charge is 0.0252 e. The molecule has 0 aromatic rings. The fraction of sp³-hybridized carbons (Fsp3) is 1.00. The van der Waals surface area contributed by atoms with Crippen molar-refractivity contribution in [1.82, 2.24) is 15.1 Å². The number of nitrogens with one attached hydrogen (secondary N) is 1. The van der Waals surface area contributed by atoms with Crippen molar-refractivity contribution in [3.8, 4) is 0 Å². The molecule has 0 aromatic carbocycles. The van der Waals surface area contributed by atoms with E-state index in [0.717, 1.165) is 18.6 Å². The van der Waals surface area contributed by atoms with Crippen LogP contribution in [-0.4, -0.2) is 60.6 Å². The highest BCUT2D eigenvalue weighted by Crippen LogP contribution is 2.23. The van der Waals surface area contributed by atoms with E-state index in [1.165, 1.54) is 32.5 Å². The lowest BCUT2D eigenvalue weighted by atomic mass is 9.94.